The molecule has 1 N–H and O–H groups in total. The third-order valence-corrected chi connectivity index (χ3v) is 2.84. The molecule has 0 aliphatic carbocycles. The van der Waals surface area contributed by atoms with E-state index >= 15 is 0 Å². The van der Waals surface area contributed by atoms with Crippen LogP contribution in [0.3, 0.4) is 0 Å². The Morgan fingerprint density at radius 3 is 2.38 bits per heavy atom. The van der Waals surface area contributed by atoms with Crippen LogP contribution in [-0.4, -0.2) is 0 Å². The molecule has 0 bridgehead atoms. The molecule has 2 nitrogen and oxygen atoms in total. The van der Waals surface area contributed by atoms with Crippen LogP contribution in [0.2, 0.25) is 0 Å². The molecule has 1 atom stereocenters. The van der Waals surface area contributed by atoms with Crippen molar-refractivity contribution in [2.24, 2.45) is 0 Å². The van der Waals surface area contributed by atoms with Crippen molar-refractivity contribution in [2.75, 3.05) is 5.32 Å². The van der Waals surface area contributed by atoms with Gasteiger partial charge in [-0.3, -0.25) is 0 Å². The molecule has 0 spiro atoms. The van der Waals surface area contributed by atoms with Crippen molar-refractivity contribution in [3.05, 3.63) is 65.5 Å². The first-order valence-corrected chi connectivity index (χ1v) is 5.99. The summed E-state index contributed by atoms with van der Waals surface area (Å²) in [5, 5.41) is 11.7. The van der Waals surface area contributed by atoms with E-state index in [2.05, 4.69) is 5.32 Å². The van der Waals surface area contributed by atoms with Crippen molar-refractivity contribution in [1.82, 2.24) is 0 Å². The Hall–Kier alpha value is -2.55. The van der Waals surface area contributed by atoms with Crippen molar-refractivity contribution in [1.29, 1.82) is 5.26 Å². The summed E-state index contributed by atoms with van der Waals surface area (Å²) in [5.41, 5.74) is -0.851. The van der Waals surface area contributed by atoms with Gasteiger partial charge in [0, 0.05) is 11.3 Å². The minimum Gasteiger partial charge on any atom is -0.366 e. The summed E-state index contributed by atoms with van der Waals surface area (Å²) in [7, 11) is 0. The van der Waals surface area contributed by atoms with Crippen LogP contribution in [-0.2, 0) is 6.18 Å². The van der Waals surface area contributed by atoms with Gasteiger partial charge in [-0.15, -0.1) is 0 Å². The van der Waals surface area contributed by atoms with Crippen LogP contribution in [0.5, 0.6) is 0 Å². The molecule has 0 aromatic heterocycles. The van der Waals surface area contributed by atoms with Gasteiger partial charge in [0.15, 0.2) is 0 Å². The molecule has 0 aliphatic heterocycles. The standard InChI is InChI=1S/C15H10F4N2/c16-10-4-3-5-11(8-10)21-14(9-20)12-6-1-2-7-13(12)15(17,18)19/h1-8,14,21H. The van der Waals surface area contributed by atoms with Crippen LogP contribution in [0.15, 0.2) is 48.5 Å². The van der Waals surface area contributed by atoms with Crippen molar-refractivity contribution in [2.45, 2.75) is 12.2 Å². The lowest BCUT2D eigenvalue weighted by Gasteiger charge is -2.18. The lowest BCUT2D eigenvalue weighted by Crippen LogP contribution is -2.16. The Bertz CT molecular complexity index is 674. The molecule has 2 aromatic carbocycles. The number of hydrogen-bond donors (Lipinski definition) is 1. The monoisotopic (exact) mass is 294 g/mol. The Kier molecular flexibility index (Phi) is 4.13. The molecule has 0 heterocycles. The number of rotatable bonds is 3. The fourth-order valence-corrected chi connectivity index (χ4v) is 1.93. The Morgan fingerprint density at radius 1 is 1.05 bits per heavy atom. The highest BCUT2D eigenvalue weighted by atomic mass is 19.4. The highest BCUT2D eigenvalue weighted by Gasteiger charge is 2.35. The molecule has 2 rings (SSSR count). The highest BCUT2D eigenvalue weighted by molar-refractivity contribution is 5.49. The maximum Gasteiger partial charge on any atom is 0.416 e. The average Bonchev–Trinajstić information content (AvgIpc) is 2.44. The van der Waals surface area contributed by atoms with Gasteiger partial charge in [0.1, 0.15) is 11.9 Å². The first-order chi connectivity index (χ1) is 9.91. The van der Waals surface area contributed by atoms with Gasteiger partial charge in [0.25, 0.3) is 0 Å². The maximum absolute atomic E-state index is 13.1. The van der Waals surface area contributed by atoms with Gasteiger partial charge in [0.05, 0.1) is 11.6 Å². The number of hydrogen-bond acceptors (Lipinski definition) is 2. The molecular weight excluding hydrogens is 284 g/mol. The molecule has 6 heteroatoms. The van der Waals surface area contributed by atoms with Crippen LogP contribution in [0.1, 0.15) is 17.2 Å². The Morgan fingerprint density at radius 2 is 1.76 bits per heavy atom. The van der Waals surface area contributed by atoms with E-state index in [1.165, 1.54) is 36.4 Å². The van der Waals surface area contributed by atoms with Crippen molar-refractivity contribution in [3.63, 3.8) is 0 Å². The first kappa shape index (κ1) is 14.9. The molecule has 0 radical (unpaired) electrons. The van der Waals surface area contributed by atoms with E-state index in [0.717, 1.165) is 12.1 Å². The fraction of sp³-hybridized carbons (Fsp3) is 0.133. The zero-order chi connectivity index (χ0) is 15.5. The summed E-state index contributed by atoms with van der Waals surface area (Å²) in [6.45, 7) is 0. The van der Waals surface area contributed by atoms with E-state index in [-0.39, 0.29) is 11.3 Å². The number of halogens is 4. The topological polar surface area (TPSA) is 35.8 Å². The number of nitrogens with zero attached hydrogens (tertiary/aromatic N) is 1. The zero-order valence-electron chi connectivity index (χ0n) is 10.7. The minimum absolute atomic E-state index is 0.197. The molecule has 2 aromatic rings. The second kappa shape index (κ2) is 5.83. The summed E-state index contributed by atoms with van der Waals surface area (Å²) in [6, 6.07) is 10.5. The first-order valence-electron chi connectivity index (χ1n) is 5.99. The second-order valence-electron chi connectivity index (χ2n) is 4.30. The largest absolute Gasteiger partial charge is 0.416 e. The molecular formula is C15H10F4N2. The Labute approximate surface area is 118 Å². The number of benzene rings is 2. The fourth-order valence-electron chi connectivity index (χ4n) is 1.93. The summed E-state index contributed by atoms with van der Waals surface area (Å²) in [4.78, 5) is 0. The van der Waals surface area contributed by atoms with Gasteiger partial charge in [-0.05, 0) is 24.3 Å². The second-order valence-corrected chi connectivity index (χ2v) is 4.30. The summed E-state index contributed by atoms with van der Waals surface area (Å²) in [5.74, 6) is -0.541. The third-order valence-electron chi connectivity index (χ3n) is 2.84. The zero-order valence-corrected chi connectivity index (χ0v) is 10.7. The molecule has 0 aliphatic rings. The van der Waals surface area contributed by atoms with E-state index in [0.29, 0.717) is 0 Å². The van der Waals surface area contributed by atoms with Crippen LogP contribution in [0.25, 0.3) is 0 Å². The SMILES string of the molecule is N#CC(Nc1cccc(F)c1)c1ccccc1C(F)(F)F. The number of nitriles is 1. The van der Waals surface area contributed by atoms with E-state index in [1.54, 1.807) is 6.07 Å². The van der Waals surface area contributed by atoms with Crippen molar-refractivity contribution in [3.8, 4) is 6.07 Å². The summed E-state index contributed by atoms with van der Waals surface area (Å²) in [6.07, 6.45) is -4.56. The molecule has 0 saturated carbocycles. The van der Waals surface area contributed by atoms with Gasteiger partial charge in [0.2, 0.25) is 0 Å². The molecule has 21 heavy (non-hydrogen) atoms. The Balaban J connectivity index is 2.37. The molecule has 0 amide bonds. The van der Waals surface area contributed by atoms with Crippen LogP contribution in [0.4, 0.5) is 23.2 Å². The van der Waals surface area contributed by atoms with Gasteiger partial charge >= 0.3 is 6.18 Å². The quantitative estimate of drug-likeness (QED) is 0.845. The predicted molar refractivity (Wildman–Crippen MR) is 69.8 cm³/mol. The summed E-state index contributed by atoms with van der Waals surface area (Å²) >= 11 is 0. The van der Waals surface area contributed by atoms with Crippen LogP contribution >= 0.6 is 0 Å². The molecule has 108 valence electrons. The van der Waals surface area contributed by atoms with Crippen molar-refractivity contribution < 1.29 is 17.6 Å². The van der Waals surface area contributed by atoms with E-state index < -0.39 is 23.6 Å². The maximum atomic E-state index is 13.1. The molecule has 1 unspecified atom stereocenters. The van der Waals surface area contributed by atoms with Gasteiger partial charge in [-0.1, -0.05) is 24.3 Å². The van der Waals surface area contributed by atoms with Crippen LogP contribution < -0.4 is 5.32 Å². The lowest BCUT2D eigenvalue weighted by molar-refractivity contribution is -0.138. The number of nitrogens with one attached hydrogen (secondary N) is 1. The lowest BCUT2D eigenvalue weighted by atomic mass is 10.0. The molecule has 0 fully saturated rings. The van der Waals surface area contributed by atoms with E-state index in [1.807, 2.05) is 0 Å². The summed E-state index contributed by atoms with van der Waals surface area (Å²) < 4.78 is 51.9. The number of anilines is 1. The predicted octanol–water partition coefficient (Wildman–Crippen LogP) is 4.52. The smallest absolute Gasteiger partial charge is 0.366 e. The van der Waals surface area contributed by atoms with Gasteiger partial charge in [-0.25, -0.2) is 4.39 Å². The minimum atomic E-state index is -4.56. The normalized spacial score (nSPS) is 12.5. The van der Waals surface area contributed by atoms with Crippen LogP contribution in [0, 0.1) is 17.1 Å². The van der Waals surface area contributed by atoms with E-state index in [4.69, 9.17) is 5.26 Å². The van der Waals surface area contributed by atoms with Crippen molar-refractivity contribution >= 4 is 5.69 Å². The van der Waals surface area contributed by atoms with E-state index in [9.17, 15) is 17.6 Å². The number of alkyl halides is 3. The highest BCUT2D eigenvalue weighted by Crippen LogP contribution is 2.35. The van der Waals surface area contributed by atoms with Gasteiger partial charge in [-0.2, -0.15) is 18.4 Å². The average molecular weight is 294 g/mol. The third kappa shape index (κ3) is 3.51. The van der Waals surface area contributed by atoms with Gasteiger partial charge < -0.3 is 5.32 Å². The molecule has 0 saturated heterocycles.